The van der Waals surface area contributed by atoms with Crippen molar-refractivity contribution < 1.29 is 4.74 Å². The number of rotatable bonds is 4. The summed E-state index contributed by atoms with van der Waals surface area (Å²) in [4.78, 5) is 0. The van der Waals surface area contributed by atoms with E-state index in [2.05, 4.69) is 21.2 Å². The molecule has 100 valence electrons. The van der Waals surface area contributed by atoms with Crippen LogP contribution in [0.4, 0.5) is 0 Å². The lowest BCUT2D eigenvalue weighted by molar-refractivity contribution is 0.474. The smallest absolute Gasteiger partial charge is 0.150 e. The molecular weight excluding hydrogens is 326 g/mol. The Morgan fingerprint density at radius 2 is 2.05 bits per heavy atom. The first kappa shape index (κ1) is 14.4. The monoisotopic (exact) mass is 339 g/mol. The number of nitrogens with one attached hydrogen (secondary N) is 1. The lowest BCUT2D eigenvalue weighted by Crippen LogP contribution is -2.06. The zero-order chi connectivity index (χ0) is 13.8. The van der Waals surface area contributed by atoms with Crippen LogP contribution < -0.4 is 10.1 Å². The predicted octanol–water partition coefficient (Wildman–Crippen LogP) is 4.92. The molecule has 0 saturated carbocycles. The van der Waals surface area contributed by atoms with Gasteiger partial charge in [-0.05, 0) is 43.8 Å². The summed E-state index contributed by atoms with van der Waals surface area (Å²) in [6, 6.07) is 11.6. The Balaban J connectivity index is 2.34. The topological polar surface area (TPSA) is 21.3 Å². The fourth-order valence-corrected chi connectivity index (χ4v) is 2.28. The second kappa shape index (κ2) is 6.42. The molecule has 2 aromatic rings. The van der Waals surface area contributed by atoms with E-state index in [1.54, 1.807) is 0 Å². The largest absolute Gasteiger partial charge is 0.455 e. The summed E-state index contributed by atoms with van der Waals surface area (Å²) in [7, 11) is 1.90. The molecule has 0 fully saturated rings. The van der Waals surface area contributed by atoms with Gasteiger partial charge in [0.05, 0.1) is 5.02 Å². The van der Waals surface area contributed by atoms with E-state index in [0.29, 0.717) is 17.3 Å². The molecule has 2 rings (SSSR count). The summed E-state index contributed by atoms with van der Waals surface area (Å²) in [6.07, 6.45) is 0. The maximum atomic E-state index is 6.22. The van der Waals surface area contributed by atoms with Crippen molar-refractivity contribution >= 4 is 27.5 Å². The van der Waals surface area contributed by atoms with Crippen LogP contribution in [0.15, 0.2) is 40.9 Å². The zero-order valence-corrected chi connectivity index (χ0v) is 13.2. The van der Waals surface area contributed by atoms with Gasteiger partial charge >= 0.3 is 0 Å². The van der Waals surface area contributed by atoms with Crippen LogP contribution in [-0.4, -0.2) is 7.05 Å². The first-order chi connectivity index (χ1) is 9.11. The van der Waals surface area contributed by atoms with Crippen molar-refractivity contribution in [1.82, 2.24) is 5.32 Å². The summed E-state index contributed by atoms with van der Waals surface area (Å²) in [5.74, 6) is 1.49. The Kier molecular flexibility index (Phi) is 4.86. The Morgan fingerprint density at radius 1 is 1.26 bits per heavy atom. The SMILES string of the molecule is CNCc1cccc(Cl)c1Oc1ccc(Br)c(C)c1. The number of hydrogen-bond acceptors (Lipinski definition) is 2. The molecule has 2 nitrogen and oxygen atoms in total. The third-order valence-electron chi connectivity index (χ3n) is 2.77. The van der Waals surface area contributed by atoms with Gasteiger partial charge in [-0.15, -0.1) is 0 Å². The molecule has 0 atom stereocenters. The van der Waals surface area contributed by atoms with Gasteiger partial charge < -0.3 is 10.1 Å². The average molecular weight is 341 g/mol. The minimum atomic E-state index is 0.619. The van der Waals surface area contributed by atoms with E-state index in [1.165, 1.54) is 0 Å². The highest BCUT2D eigenvalue weighted by atomic mass is 79.9. The van der Waals surface area contributed by atoms with Crippen LogP contribution in [0.1, 0.15) is 11.1 Å². The first-order valence-electron chi connectivity index (χ1n) is 5.98. The first-order valence-corrected chi connectivity index (χ1v) is 7.15. The highest BCUT2D eigenvalue weighted by molar-refractivity contribution is 9.10. The van der Waals surface area contributed by atoms with Crippen molar-refractivity contribution in [2.45, 2.75) is 13.5 Å². The number of para-hydroxylation sites is 1. The molecule has 0 saturated heterocycles. The van der Waals surface area contributed by atoms with Crippen LogP contribution in [0.25, 0.3) is 0 Å². The maximum Gasteiger partial charge on any atom is 0.150 e. The lowest BCUT2D eigenvalue weighted by Gasteiger charge is -2.13. The molecule has 1 N–H and O–H groups in total. The van der Waals surface area contributed by atoms with Gasteiger partial charge in [-0.2, -0.15) is 0 Å². The zero-order valence-electron chi connectivity index (χ0n) is 10.8. The Labute approximate surface area is 126 Å². The second-order valence-electron chi connectivity index (χ2n) is 4.27. The molecule has 0 aliphatic heterocycles. The molecule has 0 spiro atoms. The Hall–Kier alpha value is -1.03. The third kappa shape index (κ3) is 3.50. The molecule has 2 aromatic carbocycles. The second-order valence-corrected chi connectivity index (χ2v) is 5.53. The third-order valence-corrected chi connectivity index (χ3v) is 3.95. The summed E-state index contributed by atoms with van der Waals surface area (Å²) in [6.45, 7) is 2.74. The van der Waals surface area contributed by atoms with Gasteiger partial charge in [-0.25, -0.2) is 0 Å². The minimum Gasteiger partial charge on any atom is -0.455 e. The number of halogens is 2. The molecule has 0 radical (unpaired) electrons. The molecule has 0 bridgehead atoms. The van der Waals surface area contributed by atoms with Gasteiger partial charge in [0.25, 0.3) is 0 Å². The summed E-state index contributed by atoms with van der Waals surface area (Å²) < 4.78 is 7.00. The van der Waals surface area contributed by atoms with E-state index in [-0.39, 0.29) is 0 Å². The van der Waals surface area contributed by atoms with Crippen LogP contribution in [0, 0.1) is 6.92 Å². The van der Waals surface area contributed by atoms with Crippen molar-refractivity contribution in [1.29, 1.82) is 0 Å². The van der Waals surface area contributed by atoms with Gasteiger partial charge in [0.2, 0.25) is 0 Å². The molecular formula is C15H15BrClNO. The van der Waals surface area contributed by atoms with Gasteiger partial charge in [0, 0.05) is 16.6 Å². The van der Waals surface area contributed by atoms with Crippen LogP contribution >= 0.6 is 27.5 Å². The molecule has 0 unspecified atom stereocenters. The standard InChI is InChI=1S/C15H15BrClNO/c1-10-8-12(6-7-13(10)16)19-15-11(9-18-2)4-3-5-14(15)17/h3-8,18H,9H2,1-2H3. The predicted molar refractivity (Wildman–Crippen MR) is 83.2 cm³/mol. The highest BCUT2D eigenvalue weighted by Gasteiger charge is 2.09. The highest BCUT2D eigenvalue weighted by Crippen LogP contribution is 2.34. The molecule has 4 heteroatoms. The maximum absolute atomic E-state index is 6.22. The molecule has 0 aliphatic carbocycles. The fraction of sp³-hybridized carbons (Fsp3) is 0.200. The van der Waals surface area contributed by atoms with Crippen LogP contribution in [0.5, 0.6) is 11.5 Å². The number of ether oxygens (including phenoxy) is 1. The van der Waals surface area contributed by atoms with E-state index in [1.807, 2.05) is 50.4 Å². The van der Waals surface area contributed by atoms with E-state index >= 15 is 0 Å². The van der Waals surface area contributed by atoms with Gasteiger partial charge in [-0.1, -0.05) is 39.7 Å². The van der Waals surface area contributed by atoms with Crippen LogP contribution in [0.3, 0.4) is 0 Å². The summed E-state index contributed by atoms with van der Waals surface area (Å²) in [5, 5.41) is 3.73. The van der Waals surface area contributed by atoms with Crippen LogP contribution in [-0.2, 0) is 6.54 Å². The van der Waals surface area contributed by atoms with Gasteiger partial charge in [0.15, 0.2) is 0 Å². The molecule has 0 heterocycles. The van der Waals surface area contributed by atoms with E-state index < -0.39 is 0 Å². The average Bonchev–Trinajstić information content (AvgIpc) is 2.38. The van der Waals surface area contributed by atoms with Crippen molar-refractivity contribution in [3.8, 4) is 11.5 Å². The van der Waals surface area contributed by atoms with Gasteiger partial charge in [0.1, 0.15) is 11.5 Å². The minimum absolute atomic E-state index is 0.619. The fourth-order valence-electron chi connectivity index (χ4n) is 1.80. The molecule has 0 amide bonds. The lowest BCUT2D eigenvalue weighted by atomic mass is 10.2. The Morgan fingerprint density at radius 3 is 2.74 bits per heavy atom. The summed E-state index contributed by atoms with van der Waals surface area (Å²) in [5.41, 5.74) is 2.16. The van der Waals surface area contributed by atoms with E-state index in [9.17, 15) is 0 Å². The number of aryl methyl sites for hydroxylation is 1. The van der Waals surface area contributed by atoms with Crippen LogP contribution in [0.2, 0.25) is 5.02 Å². The summed E-state index contributed by atoms with van der Waals surface area (Å²) >= 11 is 9.70. The number of hydrogen-bond donors (Lipinski definition) is 1. The van der Waals surface area contributed by atoms with E-state index in [0.717, 1.165) is 21.3 Å². The van der Waals surface area contributed by atoms with Gasteiger partial charge in [-0.3, -0.25) is 0 Å². The molecule has 0 aliphatic rings. The van der Waals surface area contributed by atoms with Crippen molar-refractivity contribution in [3.63, 3.8) is 0 Å². The normalized spacial score (nSPS) is 10.5. The molecule has 0 aromatic heterocycles. The van der Waals surface area contributed by atoms with Crippen molar-refractivity contribution in [2.75, 3.05) is 7.05 Å². The van der Waals surface area contributed by atoms with E-state index in [4.69, 9.17) is 16.3 Å². The Bertz CT molecular complexity index is 586. The van der Waals surface area contributed by atoms with Crippen molar-refractivity contribution in [3.05, 3.63) is 57.0 Å². The molecule has 19 heavy (non-hydrogen) atoms. The van der Waals surface area contributed by atoms with Crippen molar-refractivity contribution in [2.24, 2.45) is 0 Å². The quantitative estimate of drug-likeness (QED) is 0.852. The number of benzene rings is 2.